The molecule has 0 saturated heterocycles. The standard InChI is InChI=1S/C26H27BrN2O2S/c1-3-13-28(26(31)19-8-6-9-20(27)16-19)17-24(30)29-14-11-23-22(12-15-32-23)25(29)21-10-5-4-7-18(21)2/h4-10,12,15-16,25H,3,11,13-14,17H2,1-2H3. The van der Waals surface area contributed by atoms with Crippen LogP contribution in [0.3, 0.4) is 0 Å². The van der Waals surface area contributed by atoms with Gasteiger partial charge in [-0.1, -0.05) is 53.2 Å². The third-order valence-electron chi connectivity index (χ3n) is 5.95. The van der Waals surface area contributed by atoms with Crippen LogP contribution in [0.25, 0.3) is 0 Å². The lowest BCUT2D eigenvalue weighted by molar-refractivity contribution is -0.134. The molecule has 2 aromatic carbocycles. The maximum absolute atomic E-state index is 13.6. The van der Waals surface area contributed by atoms with Crippen LogP contribution in [0, 0.1) is 6.92 Å². The van der Waals surface area contributed by atoms with Gasteiger partial charge < -0.3 is 9.80 Å². The van der Waals surface area contributed by atoms with Gasteiger partial charge in [0.15, 0.2) is 0 Å². The van der Waals surface area contributed by atoms with Crippen LogP contribution in [-0.4, -0.2) is 41.2 Å². The Morgan fingerprint density at radius 1 is 1.12 bits per heavy atom. The van der Waals surface area contributed by atoms with Crippen LogP contribution in [0.2, 0.25) is 0 Å². The number of hydrogen-bond donors (Lipinski definition) is 0. The number of benzene rings is 2. The van der Waals surface area contributed by atoms with Crippen molar-refractivity contribution < 1.29 is 9.59 Å². The van der Waals surface area contributed by atoms with Crippen LogP contribution in [0.1, 0.15) is 51.3 Å². The van der Waals surface area contributed by atoms with Crippen molar-refractivity contribution in [3.8, 4) is 0 Å². The van der Waals surface area contributed by atoms with Crippen molar-refractivity contribution in [1.82, 2.24) is 9.80 Å². The number of nitrogens with zero attached hydrogens (tertiary/aromatic N) is 2. The molecule has 0 spiro atoms. The second-order valence-corrected chi connectivity index (χ2v) is 10.0. The molecule has 1 atom stereocenters. The molecule has 6 heteroatoms. The summed E-state index contributed by atoms with van der Waals surface area (Å²) in [5.74, 6) is -0.117. The Morgan fingerprint density at radius 3 is 2.69 bits per heavy atom. The second-order valence-electron chi connectivity index (χ2n) is 8.13. The number of carbonyl (C=O) groups excluding carboxylic acids is 2. The van der Waals surface area contributed by atoms with E-state index < -0.39 is 0 Å². The first-order valence-electron chi connectivity index (χ1n) is 11.0. The highest BCUT2D eigenvalue weighted by molar-refractivity contribution is 9.10. The van der Waals surface area contributed by atoms with E-state index in [2.05, 4.69) is 46.4 Å². The zero-order valence-electron chi connectivity index (χ0n) is 18.4. The zero-order valence-corrected chi connectivity index (χ0v) is 20.8. The SMILES string of the molecule is CCCN(CC(=O)N1CCc2sccc2C1c1ccccc1C)C(=O)c1cccc(Br)c1. The van der Waals surface area contributed by atoms with Gasteiger partial charge in [0, 0.05) is 28.0 Å². The quantitative estimate of drug-likeness (QED) is 0.417. The molecular weight excluding hydrogens is 484 g/mol. The first kappa shape index (κ1) is 22.7. The van der Waals surface area contributed by atoms with Gasteiger partial charge in [-0.25, -0.2) is 0 Å². The summed E-state index contributed by atoms with van der Waals surface area (Å²) in [6, 6.07) is 17.7. The molecule has 0 bridgehead atoms. The molecule has 1 unspecified atom stereocenters. The first-order chi connectivity index (χ1) is 15.5. The highest BCUT2D eigenvalue weighted by Crippen LogP contribution is 2.39. The second kappa shape index (κ2) is 10.0. The van der Waals surface area contributed by atoms with Gasteiger partial charge >= 0.3 is 0 Å². The molecule has 1 aromatic heterocycles. The highest BCUT2D eigenvalue weighted by atomic mass is 79.9. The lowest BCUT2D eigenvalue weighted by Crippen LogP contribution is -2.47. The molecule has 0 N–H and O–H groups in total. The van der Waals surface area contributed by atoms with E-state index in [1.54, 1.807) is 22.3 Å². The van der Waals surface area contributed by atoms with Crippen molar-refractivity contribution in [3.05, 3.63) is 91.6 Å². The van der Waals surface area contributed by atoms with Crippen LogP contribution in [0.15, 0.2) is 64.5 Å². The van der Waals surface area contributed by atoms with Crippen molar-refractivity contribution >= 4 is 39.1 Å². The number of fused-ring (bicyclic) bond motifs is 1. The van der Waals surface area contributed by atoms with E-state index in [0.29, 0.717) is 18.7 Å². The number of carbonyl (C=O) groups is 2. The van der Waals surface area contributed by atoms with Crippen LogP contribution in [0.5, 0.6) is 0 Å². The lowest BCUT2D eigenvalue weighted by Gasteiger charge is -2.38. The van der Waals surface area contributed by atoms with Crippen LogP contribution in [-0.2, 0) is 11.2 Å². The summed E-state index contributed by atoms with van der Waals surface area (Å²) in [6.45, 7) is 5.42. The number of rotatable bonds is 6. The van der Waals surface area contributed by atoms with E-state index in [-0.39, 0.29) is 24.4 Å². The zero-order chi connectivity index (χ0) is 22.7. The minimum absolute atomic E-state index is 0.00750. The first-order valence-corrected chi connectivity index (χ1v) is 12.6. The molecule has 1 aliphatic rings. The molecule has 0 saturated carbocycles. The van der Waals surface area contributed by atoms with E-state index >= 15 is 0 Å². The number of amides is 2. The fourth-order valence-corrected chi connectivity index (χ4v) is 5.70. The lowest BCUT2D eigenvalue weighted by atomic mass is 9.90. The molecule has 2 amide bonds. The minimum atomic E-state index is -0.109. The number of halogens is 1. The van der Waals surface area contributed by atoms with E-state index in [1.807, 2.05) is 42.2 Å². The topological polar surface area (TPSA) is 40.6 Å². The fraction of sp³-hybridized carbons (Fsp3) is 0.308. The molecule has 3 aromatic rings. The Morgan fingerprint density at radius 2 is 1.94 bits per heavy atom. The van der Waals surface area contributed by atoms with Gasteiger partial charge in [0.05, 0.1) is 6.04 Å². The average Bonchev–Trinajstić information content (AvgIpc) is 3.27. The maximum Gasteiger partial charge on any atom is 0.254 e. The van der Waals surface area contributed by atoms with E-state index in [4.69, 9.17) is 0 Å². The number of aryl methyl sites for hydroxylation is 1. The van der Waals surface area contributed by atoms with Crippen LogP contribution >= 0.6 is 27.3 Å². The summed E-state index contributed by atoms with van der Waals surface area (Å²) in [4.78, 5) is 31.8. The molecule has 0 radical (unpaired) electrons. The molecular formula is C26H27BrN2O2S. The number of thiophene rings is 1. The highest BCUT2D eigenvalue weighted by Gasteiger charge is 2.34. The van der Waals surface area contributed by atoms with Crippen molar-refractivity contribution in [3.63, 3.8) is 0 Å². The molecule has 4 nitrogen and oxygen atoms in total. The summed E-state index contributed by atoms with van der Waals surface area (Å²) in [7, 11) is 0. The molecule has 1 aliphatic heterocycles. The summed E-state index contributed by atoms with van der Waals surface area (Å²) in [6.07, 6.45) is 1.65. The minimum Gasteiger partial charge on any atom is -0.330 e. The third-order valence-corrected chi connectivity index (χ3v) is 7.44. The fourth-order valence-electron chi connectivity index (χ4n) is 4.39. The van der Waals surface area contributed by atoms with Crippen molar-refractivity contribution in [2.75, 3.05) is 19.6 Å². The Kier molecular flexibility index (Phi) is 7.11. The van der Waals surface area contributed by atoms with Crippen LogP contribution in [0.4, 0.5) is 0 Å². The van der Waals surface area contributed by atoms with E-state index in [9.17, 15) is 9.59 Å². The van der Waals surface area contributed by atoms with Crippen molar-refractivity contribution in [2.24, 2.45) is 0 Å². The Balaban J connectivity index is 1.63. The van der Waals surface area contributed by atoms with Gasteiger partial charge in [0.2, 0.25) is 5.91 Å². The molecule has 166 valence electrons. The smallest absolute Gasteiger partial charge is 0.254 e. The normalized spacial score (nSPS) is 15.3. The Labute approximate surface area is 202 Å². The van der Waals surface area contributed by atoms with Gasteiger partial charge in [-0.2, -0.15) is 0 Å². The van der Waals surface area contributed by atoms with Crippen molar-refractivity contribution in [2.45, 2.75) is 32.7 Å². The maximum atomic E-state index is 13.6. The van der Waals surface area contributed by atoms with Gasteiger partial charge in [-0.3, -0.25) is 9.59 Å². The molecule has 32 heavy (non-hydrogen) atoms. The predicted molar refractivity (Wildman–Crippen MR) is 133 cm³/mol. The summed E-state index contributed by atoms with van der Waals surface area (Å²) in [5.41, 5.74) is 4.13. The molecule has 4 rings (SSSR count). The molecule has 0 fully saturated rings. The summed E-state index contributed by atoms with van der Waals surface area (Å²) < 4.78 is 0.853. The van der Waals surface area contributed by atoms with Crippen molar-refractivity contribution in [1.29, 1.82) is 0 Å². The van der Waals surface area contributed by atoms with Gasteiger partial charge in [-0.15, -0.1) is 11.3 Å². The number of hydrogen-bond acceptors (Lipinski definition) is 3. The largest absolute Gasteiger partial charge is 0.330 e. The monoisotopic (exact) mass is 510 g/mol. The summed E-state index contributed by atoms with van der Waals surface area (Å²) in [5, 5.41) is 2.12. The molecule has 2 heterocycles. The van der Waals surface area contributed by atoms with Gasteiger partial charge in [-0.05, 0) is 66.1 Å². The third kappa shape index (κ3) is 4.66. The predicted octanol–water partition coefficient (Wildman–Crippen LogP) is 5.85. The molecule has 0 aliphatic carbocycles. The van der Waals surface area contributed by atoms with Crippen LogP contribution < -0.4 is 0 Å². The Hall–Kier alpha value is -2.44. The Bertz CT molecular complexity index is 1130. The van der Waals surface area contributed by atoms with Gasteiger partial charge in [0.1, 0.15) is 6.54 Å². The average molecular weight is 511 g/mol. The van der Waals surface area contributed by atoms with E-state index in [1.165, 1.54) is 16.0 Å². The summed E-state index contributed by atoms with van der Waals surface area (Å²) >= 11 is 5.20. The van der Waals surface area contributed by atoms with Gasteiger partial charge in [0.25, 0.3) is 5.91 Å². The van der Waals surface area contributed by atoms with E-state index in [0.717, 1.165) is 22.9 Å².